The van der Waals surface area contributed by atoms with Crippen molar-refractivity contribution in [1.82, 2.24) is 15.6 Å². The Kier molecular flexibility index (Phi) is 7.47. The van der Waals surface area contributed by atoms with Crippen molar-refractivity contribution in [3.8, 4) is 0 Å². The third kappa shape index (κ3) is 5.14. The molecule has 0 spiro atoms. The fraction of sp³-hybridized carbons (Fsp3) is 0.231. The number of aliphatic imine (C=N–C) groups is 1. The standard InChI is InChI=1S/C26H25F2N5O3/c1-15(30-14-21(34)22-17(27)9-7-10-18(22)28)25(35)32-24-26(36)33(2)20-12-4-3-8-16(20)23(31-24)19-11-5-6-13-29-19/h3-13,15,21,24,30,34H,14H2,1-2H3,(H,32,35)/t15-,21?,24?/m0/s1. The number of aliphatic hydroxyl groups excluding tert-OH is 1. The number of anilines is 1. The van der Waals surface area contributed by atoms with Crippen molar-refractivity contribution in [2.75, 3.05) is 18.5 Å². The summed E-state index contributed by atoms with van der Waals surface area (Å²) >= 11 is 0. The fourth-order valence-electron chi connectivity index (χ4n) is 3.90. The van der Waals surface area contributed by atoms with Crippen LogP contribution in [-0.4, -0.2) is 53.4 Å². The van der Waals surface area contributed by atoms with Crippen LogP contribution in [0.1, 0.15) is 29.8 Å². The van der Waals surface area contributed by atoms with E-state index >= 15 is 0 Å². The number of nitrogens with one attached hydrogen (secondary N) is 2. The lowest BCUT2D eigenvalue weighted by atomic mass is 10.0. The zero-order valence-electron chi connectivity index (χ0n) is 19.7. The predicted molar refractivity (Wildman–Crippen MR) is 130 cm³/mol. The molecule has 1 aromatic heterocycles. The Labute approximate surface area is 206 Å². The molecule has 2 unspecified atom stereocenters. The van der Waals surface area contributed by atoms with Gasteiger partial charge in [0.25, 0.3) is 5.91 Å². The van der Waals surface area contributed by atoms with E-state index in [1.807, 2.05) is 12.1 Å². The van der Waals surface area contributed by atoms with Crippen LogP contribution in [0.2, 0.25) is 0 Å². The lowest BCUT2D eigenvalue weighted by molar-refractivity contribution is -0.128. The molecule has 3 N–H and O–H groups in total. The minimum absolute atomic E-state index is 0.293. The van der Waals surface area contributed by atoms with Crippen molar-refractivity contribution in [2.45, 2.75) is 25.2 Å². The first-order valence-corrected chi connectivity index (χ1v) is 11.3. The summed E-state index contributed by atoms with van der Waals surface area (Å²) in [7, 11) is 1.60. The first-order chi connectivity index (χ1) is 17.3. The number of fused-ring (bicyclic) bond motifs is 1. The number of pyridine rings is 1. The normalized spacial score (nSPS) is 17.0. The Morgan fingerprint density at radius 1 is 1.08 bits per heavy atom. The van der Waals surface area contributed by atoms with Crippen molar-refractivity contribution in [3.05, 3.63) is 95.3 Å². The maximum Gasteiger partial charge on any atom is 0.272 e. The molecule has 0 bridgehead atoms. The largest absolute Gasteiger partial charge is 0.387 e. The van der Waals surface area contributed by atoms with E-state index in [0.29, 0.717) is 22.7 Å². The monoisotopic (exact) mass is 493 g/mol. The third-order valence-corrected chi connectivity index (χ3v) is 5.87. The third-order valence-electron chi connectivity index (χ3n) is 5.87. The maximum atomic E-state index is 13.9. The van der Waals surface area contributed by atoms with Gasteiger partial charge < -0.3 is 20.6 Å². The first-order valence-electron chi connectivity index (χ1n) is 11.3. The van der Waals surface area contributed by atoms with Crippen LogP contribution in [0.4, 0.5) is 14.5 Å². The lowest BCUT2D eigenvalue weighted by Gasteiger charge is -2.23. The molecule has 186 valence electrons. The second-order valence-electron chi connectivity index (χ2n) is 8.30. The zero-order valence-corrected chi connectivity index (χ0v) is 19.7. The number of benzene rings is 2. The van der Waals surface area contributed by atoms with Gasteiger partial charge >= 0.3 is 0 Å². The van der Waals surface area contributed by atoms with E-state index < -0.39 is 47.3 Å². The Hall–Kier alpha value is -4.02. The molecule has 0 aliphatic carbocycles. The van der Waals surface area contributed by atoms with Crippen LogP contribution < -0.4 is 15.5 Å². The van der Waals surface area contributed by atoms with Gasteiger partial charge in [-0.25, -0.2) is 13.8 Å². The molecule has 1 aliphatic heterocycles. The number of benzodiazepines with no additional fused rings is 1. The highest BCUT2D eigenvalue weighted by molar-refractivity contribution is 6.19. The number of nitrogens with zero attached hydrogens (tertiary/aromatic N) is 3. The number of carbonyl (C=O) groups is 2. The van der Waals surface area contributed by atoms with Crippen molar-refractivity contribution < 1.29 is 23.5 Å². The summed E-state index contributed by atoms with van der Waals surface area (Å²) in [5.41, 5.74) is 1.80. The zero-order chi connectivity index (χ0) is 25.8. The minimum atomic E-state index is -1.52. The molecule has 8 nitrogen and oxygen atoms in total. The van der Waals surface area contributed by atoms with Crippen LogP contribution in [0.5, 0.6) is 0 Å². The van der Waals surface area contributed by atoms with E-state index in [4.69, 9.17) is 0 Å². The molecule has 2 aromatic carbocycles. The van der Waals surface area contributed by atoms with Gasteiger partial charge in [-0.3, -0.25) is 14.6 Å². The summed E-state index contributed by atoms with van der Waals surface area (Å²) in [6.45, 7) is 1.21. The van der Waals surface area contributed by atoms with Crippen molar-refractivity contribution in [1.29, 1.82) is 0 Å². The Morgan fingerprint density at radius 3 is 2.47 bits per heavy atom. The highest BCUT2D eigenvalue weighted by Gasteiger charge is 2.32. The number of carbonyl (C=O) groups excluding carboxylic acids is 2. The summed E-state index contributed by atoms with van der Waals surface area (Å²) in [6, 6.07) is 14.9. The summed E-state index contributed by atoms with van der Waals surface area (Å²) in [6.07, 6.45) is -1.15. The Balaban J connectivity index is 1.53. The molecule has 1 aliphatic rings. The van der Waals surface area contributed by atoms with Gasteiger partial charge in [0.15, 0.2) is 0 Å². The van der Waals surface area contributed by atoms with E-state index in [1.54, 1.807) is 43.6 Å². The first kappa shape index (κ1) is 25.1. The fourth-order valence-corrected chi connectivity index (χ4v) is 3.90. The average Bonchev–Trinajstić information content (AvgIpc) is 2.98. The molecule has 0 saturated heterocycles. The number of halogens is 2. The molecule has 3 aromatic rings. The van der Waals surface area contributed by atoms with Gasteiger partial charge in [-0.05, 0) is 37.3 Å². The molecule has 0 fully saturated rings. The molecule has 0 radical (unpaired) electrons. The highest BCUT2D eigenvalue weighted by atomic mass is 19.1. The van der Waals surface area contributed by atoms with Crippen LogP contribution in [0, 0.1) is 11.6 Å². The van der Waals surface area contributed by atoms with Crippen LogP contribution in [-0.2, 0) is 9.59 Å². The lowest BCUT2D eigenvalue weighted by Crippen LogP contribution is -2.51. The van der Waals surface area contributed by atoms with Gasteiger partial charge in [-0.1, -0.05) is 30.3 Å². The smallest absolute Gasteiger partial charge is 0.272 e. The summed E-state index contributed by atoms with van der Waals surface area (Å²) < 4.78 is 27.9. The second kappa shape index (κ2) is 10.7. The second-order valence-corrected chi connectivity index (χ2v) is 8.30. The van der Waals surface area contributed by atoms with Crippen LogP contribution >= 0.6 is 0 Å². The molecule has 0 saturated carbocycles. The van der Waals surface area contributed by atoms with Gasteiger partial charge in [0.2, 0.25) is 12.1 Å². The number of hydrogen-bond acceptors (Lipinski definition) is 6. The molecule has 3 atom stereocenters. The minimum Gasteiger partial charge on any atom is -0.387 e. The molecule has 36 heavy (non-hydrogen) atoms. The number of para-hydroxylation sites is 1. The molecule has 10 heteroatoms. The SMILES string of the molecule is C[C@H](NCC(O)c1c(F)cccc1F)C(=O)NC1N=C(c2ccccn2)c2ccccc2N(C)C1=O. The Bertz CT molecular complexity index is 1280. The van der Waals surface area contributed by atoms with E-state index in [9.17, 15) is 23.5 Å². The van der Waals surface area contributed by atoms with Gasteiger partial charge in [-0.15, -0.1) is 0 Å². The number of rotatable bonds is 7. The van der Waals surface area contributed by atoms with E-state index in [0.717, 1.165) is 12.1 Å². The molecular weight excluding hydrogens is 468 g/mol. The average molecular weight is 494 g/mol. The number of aromatic nitrogens is 1. The van der Waals surface area contributed by atoms with Gasteiger partial charge in [0, 0.05) is 25.4 Å². The quantitative estimate of drug-likeness (QED) is 0.469. The Morgan fingerprint density at radius 2 is 1.78 bits per heavy atom. The van der Waals surface area contributed by atoms with E-state index in [2.05, 4.69) is 20.6 Å². The predicted octanol–water partition coefficient (Wildman–Crippen LogP) is 2.33. The van der Waals surface area contributed by atoms with Gasteiger partial charge in [0.05, 0.1) is 34.8 Å². The van der Waals surface area contributed by atoms with E-state index in [-0.39, 0.29) is 6.54 Å². The van der Waals surface area contributed by atoms with E-state index in [1.165, 1.54) is 17.9 Å². The maximum absolute atomic E-state index is 13.9. The van der Waals surface area contributed by atoms with Crippen molar-refractivity contribution >= 4 is 23.2 Å². The van der Waals surface area contributed by atoms with Gasteiger partial charge in [-0.2, -0.15) is 0 Å². The van der Waals surface area contributed by atoms with Crippen LogP contribution in [0.15, 0.2) is 71.9 Å². The number of likely N-dealkylation sites (N-methyl/N-ethyl adjacent to an activating group) is 1. The molecule has 4 rings (SSSR count). The van der Waals surface area contributed by atoms with Crippen LogP contribution in [0.25, 0.3) is 0 Å². The van der Waals surface area contributed by atoms with Crippen LogP contribution in [0.3, 0.4) is 0 Å². The summed E-state index contributed by atoms with van der Waals surface area (Å²) in [4.78, 5) is 36.5. The summed E-state index contributed by atoms with van der Waals surface area (Å²) in [5, 5.41) is 15.6. The van der Waals surface area contributed by atoms with Gasteiger partial charge in [0.1, 0.15) is 11.6 Å². The topological polar surface area (TPSA) is 107 Å². The summed E-state index contributed by atoms with van der Waals surface area (Å²) in [5.74, 6) is -2.81. The number of amides is 2. The number of hydrogen-bond donors (Lipinski definition) is 3. The molecule has 2 amide bonds. The highest BCUT2D eigenvalue weighted by Crippen LogP contribution is 2.26. The molecule has 2 heterocycles. The molecular formula is C26H25F2N5O3. The van der Waals surface area contributed by atoms with Crippen molar-refractivity contribution in [2.24, 2.45) is 4.99 Å². The van der Waals surface area contributed by atoms with Crippen molar-refractivity contribution in [3.63, 3.8) is 0 Å². The number of aliphatic hydroxyl groups is 1.